The topological polar surface area (TPSA) is 75.2 Å². The molecule has 0 aliphatic heterocycles. The van der Waals surface area contributed by atoms with Crippen molar-refractivity contribution < 1.29 is 14.3 Å². The lowest BCUT2D eigenvalue weighted by Crippen LogP contribution is -2.36. The number of hydrogen-bond acceptors (Lipinski definition) is 4. The fourth-order valence-corrected chi connectivity index (χ4v) is 3.22. The average molecular weight is 518 g/mol. The lowest BCUT2D eigenvalue weighted by Gasteiger charge is -2.23. The number of guanidine groups is 1. The smallest absolute Gasteiger partial charge is 0.243 e. The molecule has 164 valence electrons. The summed E-state index contributed by atoms with van der Waals surface area (Å²) in [4.78, 5) is 18.0. The number of benzene rings is 1. The molecule has 1 aromatic carbocycles. The minimum Gasteiger partial charge on any atom is -0.493 e. The molecule has 2 N–H and O–H groups in total. The Morgan fingerprint density at radius 1 is 1.21 bits per heavy atom. The molecule has 0 aromatic heterocycles. The first-order valence-electron chi connectivity index (χ1n) is 10.1. The fraction of sp³-hybridized carbons (Fsp3) is 0.619. The molecule has 29 heavy (non-hydrogen) atoms. The van der Waals surface area contributed by atoms with Crippen molar-refractivity contribution in [3.8, 4) is 11.5 Å². The van der Waals surface area contributed by atoms with Gasteiger partial charge in [0.1, 0.15) is 6.54 Å². The van der Waals surface area contributed by atoms with Crippen molar-refractivity contribution in [2.75, 3.05) is 46.2 Å². The largest absolute Gasteiger partial charge is 0.493 e. The van der Waals surface area contributed by atoms with E-state index in [-0.39, 0.29) is 36.4 Å². The Bertz CT molecular complexity index is 661. The highest BCUT2D eigenvalue weighted by atomic mass is 127. The van der Waals surface area contributed by atoms with Gasteiger partial charge < -0.3 is 25.0 Å². The second-order valence-electron chi connectivity index (χ2n) is 7.26. The van der Waals surface area contributed by atoms with Gasteiger partial charge in [0.25, 0.3) is 0 Å². The Kier molecular flexibility index (Phi) is 11.8. The first-order chi connectivity index (χ1) is 13.5. The van der Waals surface area contributed by atoms with E-state index in [1.54, 1.807) is 26.1 Å². The van der Waals surface area contributed by atoms with Crippen LogP contribution in [0.25, 0.3) is 0 Å². The number of carbonyl (C=O) groups excluding carboxylic acids is 1. The summed E-state index contributed by atoms with van der Waals surface area (Å²) in [7, 11) is 5.09. The molecule has 1 saturated carbocycles. The molecule has 7 nitrogen and oxygen atoms in total. The van der Waals surface area contributed by atoms with E-state index in [9.17, 15) is 4.79 Å². The molecule has 1 aromatic rings. The molecule has 0 spiro atoms. The van der Waals surface area contributed by atoms with Gasteiger partial charge in [0.15, 0.2) is 17.5 Å². The second-order valence-corrected chi connectivity index (χ2v) is 7.26. The Balaban J connectivity index is 0.00000420. The van der Waals surface area contributed by atoms with Crippen molar-refractivity contribution in [1.29, 1.82) is 0 Å². The Morgan fingerprint density at radius 3 is 2.55 bits per heavy atom. The zero-order valence-corrected chi connectivity index (χ0v) is 20.3. The van der Waals surface area contributed by atoms with Crippen molar-refractivity contribution in [3.05, 3.63) is 18.2 Å². The summed E-state index contributed by atoms with van der Waals surface area (Å²) >= 11 is 0. The van der Waals surface area contributed by atoms with Gasteiger partial charge in [-0.2, -0.15) is 0 Å². The quantitative estimate of drug-likeness (QED) is 0.312. The molecule has 0 unspecified atom stereocenters. The van der Waals surface area contributed by atoms with Crippen LogP contribution >= 0.6 is 24.0 Å². The number of methoxy groups -OCH3 is 1. The highest BCUT2D eigenvalue weighted by molar-refractivity contribution is 14.0. The number of likely N-dealkylation sites (N-methyl/N-ethyl adjacent to an activating group) is 1. The van der Waals surface area contributed by atoms with Gasteiger partial charge in [0.05, 0.1) is 13.7 Å². The maximum absolute atomic E-state index is 12.0. The molecular formula is C21H35IN4O3. The molecule has 0 bridgehead atoms. The monoisotopic (exact) mass is 518 g/mol. The van der Waals surface area contributed by atoms with E-state index >= 15 is 0 Å². The Labute approximate surface area is 191 Å². The Hall–Kier alpha value is -1.71. The summed E-state index contributed by atoms with van der Waals surface area (Å²) in [5, 5.41) is 6.70. The van der Waals surface area contributed by atoms with Crippen molar-refractivity contribution in [3.63, 3.8) is 0 Å². The number of amides is 1. The van der Waals surface area contributed by atoms with Crippen LogP contribution in [-0.2, 0) is 4.79 Å². The molecule has 1 amide bonds. The van der Waals surface area contributed by atoms with Crippen molar-refractivity contribution in [2.24, 2.45) is 10.9 Å². The summed E-state index contributed by atoms with van der Waals surface area (Å²) in [5.41, 5.74) is 0.830. The van der Waals surface area contributed by atoms with Gasteiger partial charge in [-0.25, -0.2) is 4.99 Å². The molecule has 0 heterocycles. The summed E-state index contributed by atoms with van der Waals surface area (Å²) in [6, 6.07) is 5.65. The highest BCUT2D eigenvalue weighted by Crippen LogP contribution is 2.30. The van der Waals surface area contributed by atoms with Crippen LogP contribution in [0.2, 0.25) is 0 Å². The molecule has 2 rings (SSSR count). The van der Waals surface area contributed by atoms with E-state index in [0.717, 1.165) is 12.2 Å². The first-order valence-corrected chi connectivity index (χ1v) is 10.1. The van der Waals surface area contributed by atoms with E-state index in [1.165, 1.54) is 32.1 Å². The predicted molar refractivity (Wildman–Crippen MR) is 129 cm³/mol. The SMILES string of the molecule is CCOc1cc(NC(=NCC(=O)N(C)C)NCC2CCCCC2)ccc1OC.I. The molecule has 0 radical (unpaired) electrons. The van der Waals surface area contributed by atoms with Gasteiger partial charge in [-0.05, 0) is 37.8 Å². The zero-order valence-electron chi connectivity index (χ0n) is 18.0. The minimum absolute atomic E-state index is 0. The molecule has 1 fully saturated rings. The average Bonchev–Trinajstić information content (AvgIpc) is 2.71. The van der Waals surface area contributed by atoms with Gasteiger partial charge in [-0.3, -0.25) is 4.79 Å². The third-order valence-corrected chi connectivity index (χ3v) is 4.88. The van der Waals surface area contributed by atoms with E-state index in [1.807, 2.05) is 25.1 Å². The van der Waals surface area contributed by atoms with Crippen LogP contribution in [-0.4, -0.2) is 57.7 Å². The molecule has 1 aliphatic carbocycles. The molecule has 1 aliphatic rings. The highest BCUT2D eigenvalue weighted by Gasteiger charge is 2.15. The van der Waals surface area contributed by atoms with Crippen LogP contribution in [0.1, 0.15) is 39.0 Å². The summed E-state index contributed by atoms with van der Waals surface area (Å²) in [5.74, 6) is 2.58. The summed E-state index contributed by atoms with van der Waals surface area (Å²) < 4.78 is 11.0. The van der Waals surface area contributed by atoms with Crippen molar-refractivity contribution in [1.82, 2.24) is 10.2 Å². The molecule has 0 saturated heterocycles. The number of aliphatic imine (C=N–C) groups is 1. The molecule has 0 atom stereocenters. The number of nitrogens with one attached hydrogen (secondary N) is 2. The summed E-state index contributed by atoms with van der Waals surface area (Å²) in [6.45, 7) is 3.45. The maximum Gasteiger partial charge on any atom is 0.243 e. The van der Waals surface area contributed by atoms with Gasteiger partial charge in [-0.1, -0.05) is 19.3 Å². The number of anilines is 1. The van der Waals surface area contributed by atoms with Gasteiger partial charge in [0.2, 0.25) is 5.91 Å². The van der Waals surface area contributed by atoms with Crippen LogP contribution in [0.5, 0.6) is 11.5 Å². The number of halogens is 1. The standard InChI is InChI=1S/C21H34N4O3.HI/c1-5-28-19-13-17(11-12-18(19)27-4)24-21(23-15-20(26)25(2)3)22-14-16-9-7-6-8-10-16;/h11-13,16H,5-10,14-15H2,1-4H3,(H2,22,23,24);1H. The zero-order chi connectivity index (χ0) is 20.4. The first kappa shape index (κ1) is 25.3. The van der Waals surface area contributed by atoms with Crippen LogP contribution in [0.3, 0.4) is 0 Å². The van der Waals surface area contributed by atoms with Crippen molar-refractivity contribution in [2.45, 2.75) is 39.0 Å². The van der Waals surface area contributed by atoms with E-state index in [0.29, 0.717) is 30.0 Å². The number of rotatable bonds is 8. The van der Waals surface area contributed by atoms with Gasteiger partial charge >= 0.3 is 0 Å². The van der Waals surface area contributed by atoms with E-state index in [4.69, 9.17) is 9.47 Å². The lowest BCUT2D eigenvalue weighted by atomic mass is 9.89. The third-order valence-electron chi connectivity index (χ3n) is 4.88. The number of ether oxygens (including phenoxy) is 2. The summed E-state index contributed by atoms with van der Waals surface area (Å²) in [6.07, 6.45) is 6.41. The fourth-order valence-electron chi connectivity index (χ4n) is 3.22. The molecular weight excluding hydrogens is 483 g/mol. The van der Waals surface area contributed by atoms with Crippen LogP contribution in [0, 0.1) is 5.92 Å². The Morgan fingerprint density at radius 2 is 1.93 bits per heavy atom. The predicted octanol–water partition coefficient (Wildman–Crippen LogP) is 3.74. The number of nitrogens with zero attached hydrogens (tertiary/aromatic N) is 2. The number of hydrogen-bond donors (Lipinski definition) is 2. The normalized spacial score (nSPS) is 14.6. The van der Waals surface area contributed by atoms with Crippen LogP contribution in [0.15, 0.2) is 23.2 Å². The van der Waals surface area contributed by atoms with Crippen LogP contribution in [0.4, 0.5) is 5.69 Å². The van der Waals surface area contributed by atoms with E-state index < -0.39 is 0 Å². The minimum atomic E-state index is -0.0384. The maximum atomic E-state index is 12.0. The second kappa shape index (κ2) is 13.5. The van der Waals surface area contributed by atoms with Crippen molar-refractivity contribution >= 4 is 41.5 Å². The number of carbonyl (C=O) groups is 1. The van der Waals surface area contributed by atoms with Crippen LogP contribution < -0.4 is 20.1 Å². The van der Waals surface area contributed by atoms with Gasteiger partial charge in [-0.15, -0.1) is 24.0 Å². The lowest BCUT2D eigenvalue weighted by molar-refractivity contribution is -0.127. The third kappa shape index (κ3) is 8.67. The molecule has 8 heteroatoms. The van der Waals surface area contributed by atoms with E-state index in [2.05, 4.69) is 15.6 Å². The van der Waals surface area contributed by atoms with Gasteiger partial charge in [0, 0.05) is 32.4 Å².